The molecule has 2 aromatic carbocycles. The van der Waals surface area contributed by atoms with Crippen molar-refractivity contribution in [2.45, 2.75) is 174 Å². The normalized spacial score (nSPS) is 13.4. The van der Waals surface area contributed by atoms with Gasteiger partial charge in [-0.2, -0.15) is 8.42 Å². The molecule has 2 aromatic rings. The minimum absolute atomic E-state index is 0.165. The summed E-state index contributed by atoms with van der Waals surface area (Å²) in [5.74, 6) is 0.637. The molecular weight excluding hydrogens is 536 g/mol. The molecule has 3 nitrogen and oxygen atoms in total. The molecule has 0 fully saturated rings. The Hall–Kier alpha value is -1.55. The van der Waals surface area contributed by atoms with Crippen LogP contribution in [0.15, 0.2) is 42.5 Å². The van der Waals surface area contributed by atoms with Crippen LogP contribution in [-0.4, -0.2) is 13.7 Å². The Morgan fingerprint density at radius 1 is 0.524 bits per heavy atom. The van der Waals surface area contributed by atoms with Crippen molar-refractivity contribution < 1.29 is 12.6 Å². The van der Waals surface area contributed by atoms with E-state index in [0.29, 0.717) is 12.2 Å². The van der Waals surface area contributed by atoms with Crippen LogP contribution in [0, 0.1) is 5.92 Å². The zero-order valence-electron chi connectivity index (χ0n) is 27.6. The van der Waals surface area contributed by atoms with E-state index in [1.807, 2.05) is 42.5 Å². The second-order valence-electron chi connectivity index (χ2n) is 12.7. The van der Waals surface area contributed by atoms with E-state index in [2.05, 4.69) is 20.8 Å². The van der Waals surface area contributed by atoms with Crippen LogP contribution in [-0.2, 0) is 10.1 Å². The highest BCUT2D eigenvalue weighted by Gasteiger charge is 2.34. The van der Waals surface area contributed by atoms with Gasteiger partial charge in [0.2, 0.25) is 0 Å². The first-order chi connectivity index (χ1) is 20.5. The highest BCUT2D eigenvalue weighted by molar-refractivity contribution is 7.87. The summed E-state index contributed by atoms with van der Waals surface area (Å²) in [6.45, 7) is 6.73. The van der Waals surface area contributed by atoms with Crippen LogP contribution >= 0.6 is 0 Å². The molecule has 240 valence electrons. The average molecular weight is 601 g/mol. The molecule has 0 radical (unpaired) electrons. The highest BCUT2D eigenvalue weighted by Crippen LogP contribution is 2.33. The number of hydrogen-bond donors (Lipinski definition) is 0. The first kappa shape index (κ1) is 36.6. The van der Waals surface area contributed by atoms with E-state index >= 15 is 0 Å². The number of unbranched alkanes of at least 4 members (excludes halogenated alkanes) is 17. The SMILES string of the molecule is CCCCCCCCCCCCCC(C(CCC)CCCCCCCCCC)S(=O)(=O)Oc1cccc2ccccc12. The summed E-state index contributed by atoms with van der Waals surface area (Å²) in [6.07, 6.45) is 27.9. The Kier molecular flexibility index (Phi) is 20.0. The molecule has 2 unspecified atom stereocenters. The molecule has 0 heterocycles. The Morgan fingerprint density at radius 3 is 1.55 bits per heavy atom. The third kappa shape index (κ3) is 14.8. The number of benzene rings is 2. The predicted molar refractivity (Wildman–Crippen MR) is 184 cm³/mol. The monoisotopic (exact) mass is 600 g/mol. The van der Waals surface area contributed by atoms with Crippen molar-refractivity contribution in [2.75, 3.05) is 0 Å². The van der Waals surface area contributed by atoms with Gasteiger partial charge < -0.3 is 4.18 Å². The van der Waals surface area contributed by atoms with Crippen molar-refractivity contribution in [1.82, 2.24) is 0 Å². The maximum absolute atomic E-state index is 14.0. The molecule has 0 saturated heterocycles. The Morgan fingerprint density at radius 2 is 1.00 bits per heavy atom. The third-order valence-corrected chi connectivity index (χ3v) is 10.8. The molecule has 2 atom stereocenters. The van der Waals surface area contributed by atoms with Gasteiger partial charge in [0, 0.05) is 5.39 Å². The molecule has 0 bridgehead atoms. The maximum atomic E-state index is 14.0. The lowest BCUT2D eigenvalue weighted by molar-refractivity contribution is 0.355. The Bertz CT molecular complexity index is 1030. The molecule has 0 aliphatic carbocycles. The zero-order valence-corrected chi connectivity index (χ0v) is 28.4. The van der Waals surface area contributed by atoms with Gasteiger partial charge in [-0.1, -0.05) is 186 Å². The molecule has 2 rings (SSSR count). The van der Waals surface area contributed by atoms with Crippen LogP contribution < -0.4 is 4.18 Å². The molecule has 0 aliphatic rings. The van der Waals surface area contributed by atoms with Crippen LogP contribution in [0.2, 0.25) is 0 Å². The molecule has 42 heavy (non-hydrogen) atoms. The van der Waals surface area contributed by atoms with Crippen molar-refractivity contribution in [3.05, 3.63) is 42.5 Å². The molecule has 0 amide bonds. The molecule has 0 aliphatic heterocycles. The summed E-state index contributed by atoms with van der Waals surface area (Å²) < 4.78 is 34.0. The molecule has 4 heteroatoms. The largest absolute Gasteiger partial charge is 0.382 e. The molecular formula is C38H64O3S. The van der Waals surface area contributed by atoms with Gasteiger partial charge in [-0.3, -0.25) is 0 Å². The third-order valence-electron chi connectivity index (χ3n) is 9.03. The van der Waals surface area contributed by atoms with E-state index in [4.69, 9.17) is 4.18 Å². The van der Waals surface area contributed by atoms with E-state index in [1.165, 1.54) is 103 Å². The summed E-state index contributed by atoms with van der Waals surface area (Å²) in [4.78, 5) is 0. The minimum Gasteiger partial charge on any atom is -0.382 e. The van der Waals surface area contributed by atoms with Gasteiger partial charge in [-0.25, -0.2) is 0 Å². The quantitative estimate of drug-likeness (QED) is 0.0756. The summed E-state index contributed by atoms with van der Waals surface area (Å²) in [5.41, 5.74) is 0. The lowest BCUT2D eigenvalue weighted by atomic mass is 9.90. The van der Waals surface area contributed by atoms with Gasteiger partial charge in [0.05, 0.1) is 0 Å². The van der Waals surface area contributed by atoms with E-state index in [9.17, 15) is 8.42 Å². The van der Waals surface area contributed by atoms with Crippen molar-refractivity contribution >= 4 is 20.9 Å². The van der Waals surface area contributed by atoms with Crippen LogP contribution in [0.4, 0.5) is 0 Å². The number of hydrogen-bond acceptors (Lipinski definition) is 3. The van der Waals surface area contributed by atoms with Crippen molar-refractivity contribution in [1.29, 1.82) is 0 Å². The molecule has 0 N–H and O–H groups in total. The summed E-state index contributed by atoms with van der Waals surface area (Å²) in [7, 11) is -3.76. The van der Waals surface area contributed by atoms with E-state index in [-0.39, 0.29) is 5.92 Å². The van der Waals surface area contributed by atoms with Crippen LogP contribution in [0.25, 0.3) is 10.8 Å². The van der Waals surface area contributed by atoms with Gasteiger partial charge in [0.25, 0.3) is 0 Å². The molecule has 0 saturated carbocycles. The van der Waals surface area contributed by atoms with Crippen LogP contribution in [0.1, 0.15) is 168 Å². The van der Waals surface area contributed by atoms with Crippen molar-refractivity contribution in [2.24, 2.45) is 5.92 Å². The summed E-state index contributed by atoms with van der Waals surface area (Å²) >= 11 is 0. The highest BCUT2D eigenvalue weighted by atomic mass is 32.2. The first-order valence-corrected chi connectivity index (χ1v) is 19.4. The Balaban J connectivity index is 1.98. The fourth-order valence-electron chi connectivity index (χ4n) is 6.51. The first-order valence-electron chi connectivity index (χ1n) is 17.9. The number of fused-ring (bicyclic) bond motifs is 1. The second-order valence-corrected chi connectivity index (χ2v) is 14.5. The molecule has 0 aromatic heterocycles. The zero-order chi connectivity index (χ0) is 30.3. The fourth-order valence-corrected chi connectivity index (χ4v) is 8.23. The minimum atomic E-state index is -3.76. The van der Waals surface area contributed by atoms with E-state index in [1.54, 1.807) is 0 Å². The number of rotatable bonds is 27. The van der Waals surface area contributed by atoms with Crippen LogP contribution in [0.3, 0.4) is 0 Å². The van der Waals surface area contributed by atoms with Gasteiger partial charge in [-0.15, -0.1) is 0 Å². The topological polar surface area (TPSA) is 43.4 Å². The van der Waals surface area contributed by atoms with E-state index in [0.717, 1.165) is 49.3 Å². The smallest absolute Gasteiger partial charge is 0.312 e. The average Bonchev–Trinajstić information content (AvgIpc) is 2.98. The second kappa shape index (κ2) is 22.9. The lowest BCUT2D eigenvalue weighted by Crippen LogP contribution is -2.33. The van der Waals surface area contributed by atoms with Crippen LogP contribution in [0.5, 0.6) is 5.75 Å². The maximum Gasteiger partial charge on any atom is 0.312 e. The summed E-state index contributed by atoms with van der Waals surface area (Å²) in [5, 5.41) is 1.45. The van der Waals surface area contributed by atoms with Crippen molar-refractivity contribution in [3.63, 3.8) is 0 Å². The fraction of sp³-hybridized carbons (Fsp3) is 0.737. The van der Waals surface area contributed by atoms with Gasteiger partial charge in [0.1, 0.15) is 11.0 Å². The Labute approximate surface area is 260 Å². The lowest BCUT2D eigenvalue weighted by Gasteiger charge is -2.27. The van der Waals surface area contributed by atoms with Gasteiger partial charge in [-0.05, 0) is 36.6 Å². The standard InChI is InChI=1S/C38H64O3S/c1-4-7-9-11-13-15-16-17-19-21-23-33-38(35(27-6-3)29-22-20-18-14-12-10-8-5-2)42(39,40)41-37-32-26-30-34-28-24-25-31-36(34)37/h24-26,28,30-32,35,38H,4-23,27,29,33H2,1-3H3. The predicted octanol–water partition coefficient (Wildman–Crippen LogP) is 12.6. The van der Waals surface area contributed by atoms with Crippen molar-refractivity contribution in [3.8, 4) is 5.75 Å². The summed E-state index contributed by atoms with van der Waals surface area (Å²) in [6, 6.07) is 13.6. The van der Waals surface area contributed by atoms with E-state index < -0.39 is 15.4 Å². The van der Waals surface area contributed by atoms with Gasteiger partial charge in [0.15, 0.2) is 0 Å². The van der Waals surface area contributed by atoms with Gasteiger partial charge >= 0.3 is 10.1 Å². The molecule has 0 spiro atoms.